The molecule has 41 heavy (non-hydrogen) atoms. The minimum absolute atomic E-state index is 0.0390. The average Bonchev–Trinajstić information content (AvgIpc) is 3.28. The second kappa shape index (κ2) is 13.5. The van der Waals surface area contributed by atoms with Crippen LogP contribution in [0.5, 0.6) is 0 Å². The van der Waals surface area contributed by atoms with Gasteiger partial charge in [0.05, 0.1) is 18.6 Å². The van der Waals surface area contributed by atoms with E-state index in [2.05, 4.69) is 5.32 Å². The van der Waals surface area contributed by atoms with Gasteiger partial charge in [-0.05, 0) is 77.3 Å². The van der Waals surface area contributed by atoms with Crippen LogP contribution >= 0.6 is 0 Å². The molecule has 7 heteroatoms. The number of carboxylic acid groups (broad SMARTS) is 1. The molecule has 214 valence electrons. The van der Waals surface area contributed by atoms with Crippen molar-refractivity contribution in [3.8, 4) is 0 Å². The lowest BCUT2D eigenvalue weighted by Gasteiger charge is -2.24. The van der Waals surface area contributed by atoms with E-state index in [1.165, 1.54) is 12.1 Å². The van der Waals surface area contributed by atoms with Crippen LogP contribution in [0.1, 0.15) is 50.7 Å². The van der Waals surface area contributed by atoms with Gasteiger partial charge in [-0.25, -0.2) is 4.39 Å². The van der Waals surface area contributed by atoms with Gasteiger partial charge < -0.3 is 20.6 Å². The number of halogens is 1. The minimum Gasteiger partial charge on any atom is -0.481 e. The summed E-state index contributed by atoms with van der Waals surface area (Å²) in [6.07, 6.45) is -1.89. The number of allylic oxidation sites excluding steroid dienone is 2. The van der Waals surface area contributed by atoms with E-state index in [-0.39, 0.29) is 36.4 Å². The summed E-state index contributed by atoms with van der Waals surface area (Å²) in [4.78, 5) is 25.1. The molecule has 0 saturated carbocycles. The molecule has 4 rings (SSSR count). The van der Waals surface area contributed by atoms with Crippen LogP contribution in [0, 0.1) is 17.7 Å². The summed E-state index contributed by atoms with van der Waals surface area (Å²) in [6.45, 7) is 4.06. The van der Waals surface area contributed by atoms with E-state index in [1.807, 2.05) is 74.5 Å². The number of anilines is 1. The molecule has 1 amide bonds. The molecule has 0 heterocycles. The summed E-state index contributed by atoms with van der Waals surface area (Å²) in [6, 6.07) is 25.1. The van der Waals surface area contributed by atoms with Gasteiger partial charge >= 0.3 is 5.97 Å². The van der Waals surface area contributed by atoms with Crippen molar-refractivity contribution in [2.75, 3.05) is 5.32 Å². The Hall–Kier alpha value is -4.07. The van der Waals surface area contributed by atoms with Crippen molar-refractivity contribution in [1.29, 1.82) is 0 Å². The zero-order valence-electron chi connectivity index (χ0n) is 23.3. The van der Waals surface area contributed by atoms with Gasteiger partial charge in [-0.1, -0.05) is 74.5 Å². The monoisotopic (exact) mass is 557 g/mol. The van der Waals surface area contributed by atoms with Crippen LogP contribution in [0.4, 0.5) is 10.1 Å². The highest BCUT2D eigenvalue weighted by Gasteiger charge is 2.39. The largest absolute Gasteiger partial charge is 0.481 e. The minimum atomic E-state index is -1.16. The van der Waals surface area contributed by atoms with Gasteiger partial charge in [0.1, 0.15) is 5.82 Å². The quantitative estimate of drug-likeness (QED) is 0.208. The average molecular weight is 558 g/mol. The predicted molar refractivity (Wildman–Crippen MR) is 158 cm³/mol. The molecule has 0 saturated heterocycles. The van der Waals surface area contributed by atoms with E-state index in [0.717, 1.165) is 27.8 Å². The summed E-state index contributed by atoms with van der Waals surface area (Å²) in [7, 11) is 0. The van der Waals surface area contributed by atoms with Gasteiger partial charge in [-0.2, -0.15) is 0 Å². The van der Waals surface area contributed by atoms with Gasteiger partial charge in [0.2, 0.25) is 0 Å². The van der Waals surface area contributed by atoms with Crippen LogP contribution in [0.15, 0.2) is 96.1 Å². The van der Waals surface area contributed by atoms with E-state index < -0.39 is 24.6 Å². The number of para-hydroxylation sites is 1. The maximum Gasteiger partial charge on any atom is 0.305 e. The number of nitrogens with one attached hydrogen (secondary N) is 1. The third-order valence-corrected chi connectivity index (χ3v) is 7.37. The molecule has 0 bridgehead atoms. The van der Waals surface area contributed by atoms with Gasteiger partial charge in [0, 0.05) is 17.2 Å². The number of aliphatic carboxylic acids is 1. The molecule has 4 N–H and O–H groups in total. The number of hydrogen-bond donors (Lipinski definition) is 4. The standard InChI is InChI=1S/C34H36FNO5/c1-21(2)30-28(18-17-26(37)19-27(38)20-29(39)40)31(23-13-15-24(35)16-14-23)32(22-9-5-3-6-10-22)33(30)34(41)36-25-11-7-4-8-12-25/h3-16,21,26-28,37-38H,17-20H2,1-2H3,(H,36,41)(H,39,40)/t26-,27-,28?/m1/s1. The molecule has 0 radical (unpaired) electrons. The Morgan fingerprint density at radius 1 is 0.854 bits per heavy atom. The molecule has 0 aliphatic heterocycles. The first-order chi connectivity index (χ1) is 19.7. The van der Waals surface area contributed by atoms with Gasteiger partial charge in [-0.15, -0.1) is 0 Å². The summed E-state index contributed by atoms with van der Waals surface area (Å²) in [5, 5.41) is 32.9. The first-order valence-electron chi connectivity index (χ1n) is 13.9. The first kappa shape index (κ1) is 29.9. The molecule has 1 aliphatic rings. The molecule has 6 nitrogen and oxygen atoms in total. The van der Waals surface area contributed by atoms with Gasteiger partial charge in [0.15, 0.2) is 0 Å². The topological polar surface area (TPSA) is 107 Å². The SMILES string of the molecule is CC(C)C1=C(C(=O)Nc2ccccc2)C(c2ccccc2)=C(c2ccc(F)cc2)C1CC[C@@H](O)C[C@@H](O)CC(=O)O. The summed E-state index contributed by atoms with van der Waals surface area (Å²) < 4.78 is 14.0. The fraction of sp³-hybridized carbons (Fsp3) is 0.294. The van der Waals surface area contributed by atoms with Crippen molar-refractivity contribution in [3.05, 3.63) is 113 Å². The highest BCUT2D eigenvalue weighted by molar-refractivity contribution is 6.22. The van der Waals surface area contributed by atoms with Crippen molar-refractivity contribution < 1.29 is 29.3 Å². The highest BCUT2D eigenvalue weighted by Crippen LogP contribution is 2.52. The Morgan fingerprint density at radius 2 is 1.46 bits per heavy atom. The third-order valence-electron chi connectivity index (χ3n) is 7.37. The smallest absolute Gasteiger partial charge is 0.305 e. The fourth-order valence-corrected chi connectivity index (χ4v) is 5.69. The van der Waals surface area contributed by atoms with Crippen LogP contribution in [-0.4, -0.2) is 39.4 Å². The summed E-state index contributed by atoms with van der Waals surface area (Å²) >= 11 is 0. The van der Waals surface area contributed by atoms with Crippen LogP contribution in [0.3, 0.4) is 0 Å². The van der Waals surface area contributed by atoms with E-state index in [0.29, 0.717) is 17.7 Å². The third kappa shape index (κ3) is 7.37. The Bertz CT molecular complexity index is 1410. The second-order valence-electron chi connectivity index (χ2n) is 10.7. The van der Waals surface area contributed by atoms with Crippen molar-refractivity contribution in [3.63, 3.8) is 0 Å². The maximum absolute atomic E-state index is 14.1. The number of hydrogen-bond acceptors (Lipinski definition) is 4. The zero-order valence-corrected chi connectivity index (χ0v) is 23.3. The number of amides is 1. The van der Waals surface area contributed by atoms with Crippen molar-refractivity contribution >= 4 is 28.7 Å². The van der Waals surface area contributed by atoms with E-state index in [4.69, 9.17) is 5.11 Å². The number of rotatable bonds is 12. The first-order valence-corrected chi connectivity index (χ1v) is 13.9. The summed E-state index contributed by atoms with van der Waals surface area (Å²) in [5.74, 6) is -2.07. The number of carbonyl (C=O) groups excluding carboxylic acids is 1. The molecule has 1 unspecified atom stereocenters. The lowest BCUT2D eigenvalue weighted by molar-refractivity contribution is -0.139. The molecular formula is C34H36FNO5. The maximum atomic E-state index is 14.1. The predicted octanol–water partition coefficient (Wildman–Crippen LogP) is 6.32. The Labute approximate surface area is 239 Å². The zero-order chi connectivity index (χ0) is 29.5. The van der Waals surface area contributed by atoms with E-state index in [1.54, 1.807) is 12.1 Å². The van der Waals surface area contributed by atoms with Crippen LogP contribution < -0.4 is 5.32 Å². The number of benzene rings is 3. The van der Waals surface area contributed by atoms with Crippen molar-refractivity contribution in [1.82, 2.24) is 0 Å². The number of carboxylic acids is 1. The van der Waals surface area contributed by atoms with Gasteiger partial charge in [0.25, 0.3) is 5.91 Å². The molecule has 0 spiro atoms. The lowest BCUT2D eigenvalue weighted by atomic mass is 9.81. The Kier molecular flexibility index (Phi) is 9.86. The van der Waals surface area contributed by atoms with Crippen molar-refractivity contribution in [2.45, 2.75) is 51.7 Å². The number of carbonyl (C=O) groups is 2. The van der Waals surface area contributed by atoms with Gasteiger partial charge in [-0.3, -0.25) is 9.59 Å². The van der Waals surface area contributed by atoms with E-state index >= 15 is 0 Å². The molecule has 0 aromatic heterocycles. The van der Waals surface area contributed by atoms with Crippen LogP contribution in [0.25, 0.3) is 11.1 Å². The van der Waals surface area contributed by atoms with Crippen LogP contribution in [-0.2, 0) is 9.59 Å². The Balaban J connectivity index is 1.83. The second-order valence-corrected chi connectivity index (χ2v) is 10.7. The molecule has 3 aromatic rings. The number of aliphatic hydroxyl groups excluding tert-OH is 2. The normalized spacial score (nSPS) is 16.7. The molecular weight excluding hydrogens is 521 g/mol. The molecule has 3 aromatic carbocycles. The number of aliphatic hydroxyl groups is 2. The molecule has 3 atom stereocenters. The van der Waals surface area contributed by atoms with E-state index in [9.17, 15) is 24.2 Å². The lowest BCUT2D eigenvalue weighted by Crippen LogP contribution is -2.22. The van der Waals surface area contributed by atoms with Crippen molar-refractivity contribution in [2.24, 2.45) is 11.8 Å². The molecule has 1 aliphatic carbocycles. The molecule has 0 fully saturated rings. The summed E-state index contributed by atoms with van der Waals surface area (Å²) in [5.41, 5.74) is 5.39. The Morgan fingerprint density at radius 3 is 2.05 bits per heavy atom. The van der Waals surface area contributed by atoms with Crippen LogP contribution in [0.2, 0.25) is 0 Å². The fourth-order valence-electron chi connectivity index (χ4n) is 5.69. The highest BCUT2D eigenvalue weighted by atomic mass is 19.1.